The van der Waals surface area contributed by atoms with E-state index in [0.29, 0.717) is 22.2 Å². The SMILES string of the molecule is NC[C@H]1CCC[C@H]1C(=O)NCC(O)c1cc(Cl)cc(Cl)c1. The van der Waals surface area contributed by atoms with Gasteiger partial charge in [-0.05, 0) is 49.1 Å². The number of rotatable bonds is 5. The molecule has 1 saturated carbocycles. The molecule has 3 atom stereocenters. The Morgan fingerprint density at radius 2 is 2.00 bits per heavy atom. The Labute approximate surface area is 134 Å². The van der Waals surface area contributed by atoms with Gasteiger partial charge in [0.25, 0.3) is 0 Å². The number of amides is 1. The summed E-state index contributed by atoms with van der Waals surface area (Å²) < 4.78 is 0. The first-order valence-electron chi connectivity index (χ1n) is 7.13. The summed E-state index contributed by atoms with van der Waals surface area (Å²) in [5.41, 5.74) is 6.28. The van der Waals surface area contributed by atoms with E-state index in [-0.39, 0.29) is 24.3 Å². The lowest BCUT2D eigenvalue weighted by molar-refractivity contribution is -0.126. The maximum Gasteiger partial charge on any atom is 0.223 e. The summed E-state index contributed by atoms with van der Waals surface area (Å²) in [5, 5.41) is 13.8. The van der Waals surface area contributed by atoms with Crippen LogP contribution in [0.5, 0.6) is 0 Å². The molecule has 4 nitrogen and oxygen atoms in total. The maximum absolute atomic E-state index is 12.2. The molecule has 0 bridgehead atoms. The average Bonchev–Trinajstić information content (AvgIpc) is 2.91. The van der Waals surface area contributed by atoms with E-state index in [2.05, 4.69) is 5.32 Å². The zero-order chi connectivity index (χ0) is 15.4. The predicted octanol–water partition coefficient (Wildman–Crippen LogP) is 2.52. The Morgan fingerprint density at radius 3 is 2.62 bits per heavy atom. The fraction of sp³-hybridized carbons (Fsp3) is 0.533. The Kier molecular flexibility index (Phi) is 5.88. The topological polar surface area (TPSA) is 75.4 Å². The van der Waals surface area contributed by atoms with Gasteiger partial charge >= 0.3 is 0 Å². The van der Waals surface area contributed by atoms with Crippen molar-refractivity contribution in [1.82, 2.24) is 5.32 Å². The third-order valence-electron chi connectivity index (χ3n) is 4.04. The highest BCUT2D eigenvalue weighted by Gasteiger charge is 2.31. The highest BCUT2D eigenvalue weighted by atomic mass is 35.5. The molecule has 21 heavy (non-hydrogen) atoms. The number of hydrogen-bond donors (Lipinski definition) is 3. The van der Waals surface area contributed by atoms with Gasteiger partial charge in [-0.2, -0.15) is 0 Å². The van der Waals surface area contributed by atoms with Crippen LogP contribution >= 0.6 is 23.2 Å². The number of benzene rings is 1. The second-order valence-electron chi connectivity index (χ2n) is 5.50. The van der Waals surface area contributed by atoms with Crippen molar-refractivity contribution >= 4 is 29.1 Å². The quantitative estimate of drug-likeness (QED) is 0.776. The first-order valence-corrected chi connectivity index (χ1v) is 7.88. The van der Waals surface area contributed by atoms with Gasteiger partial charge in [0.2, 0.25) is 5.91 Å². The Morgan fingerprint density at radius 1 is 1.33 bits per heavy atom. The summed E-state index contributed by atoms with van der Waals surface area (Å²) in [6, 6.07) is 4.88. The number of carbonyl (C=O) groups is 1. The molecule has 0 aliphatic heterocycles. The van der Waals surface area contributed by atoms with Gasteiger partial charge in [0.1, 0.15) is 0 Å². The number of aliphatic hydroxyl groups excluding tert-OH is 1. The lowest BCUT2D eigenvalue weighted by Gasteiger charge is -2.19. The van der Waals surface area contributed by atoms with Crippen LogP contribution < -0.4 is 11.1 Å². The summed E-state index contributed by atoms with van der Waals surface area (Å²) in [5.74, 6) is 0.183. The zero-order valence-electron chi connectivity index (χ0n) is 11.7. The summed E-state index contributed by atoms with van der Waals surface area (Å²) in [7, 11) is 0. The van der Waals surface area contributed by atoms with Crippen LogP contribution in [0.4, 0.5) is 0 Å². The second kappa shape index (κ2) is 7.45. The van der Waals surface area contributed by atoms with E-state index in [9.17, 15) is 9.90 Å². The Bertz CT molecular complexity index is 490. The van der Waals surface area contributed by atoms with E-state index in [0.717, 1.165) is 19.3 Å². The van der Waals surface area contributed by atoms with Gasteiger partial charge in [-0.25, -0.2) is 0 Å². The molecule has 0 aromatic heterocycles. The van der Waals surface area contributed by atoms with Crippen molar-refractivity contribution in [1.29, 1.82) is 0 Å². The van der Waals surface area contributed by atoms with Crippen LogP contribution in [0.3, 0.4) is 0 Å². The zero-order valence-corrected chi connectivity index (χ0v) is 13.2. The molecule has 116 valence electrons. The summed E-state index contributed by atoms with van der Waals surface area (Å²) in [4.78, 5) is 12.2. The largest absolute Gasteiger partial charge is 0.387 e. The lowest BCUT2D eigenvalue weighted by atomic mass is 9.95. The molecule has 1 aromatic carbocycles. The fourth-order valence-electron chi connectivity index (χ4n) is 2.88. The van der Waals surface area contributed by atoms with Gasteiger partial charge in [-0.1, -0.05) is 29.6 Å². The lowest BCUT2D eigenvalue weighted by Crippen LogP contribution is -2.37. The maximum atomic E-state index is 12.2. The van der Waals surface area contributed by atoms with Gasteiger partial charge in [-0.3, -0.25) is 4.79 Å². The third-order valence-corrected chi connectivity index (χ3v) is 4.47. The minimum Gasteiger partial charge on any atom is -0.387 e. The fourth-order valence-corrected chi connectivity index (χ4v) is 3.42. The summed E-state index contributed by atoms with van der Waals surface area (Å²) in [6.45, 7) is 0.674. The first-order chi connectivity index (χ1) is 10.0. The minimum absolute atomic E-state index is 0.0323. The Balaban J connectivity index is 1.91. The van der Waals surface area contributed by atoms with Crippen LogP contribution in [0.15, 0.2) is 18.2 Å². The number of nitrogens with one attached hydrogen (secondary N) is 1. The minimum atomic E-state index is -0.831. The van der Waals surface area contributed by atoms with Crippen LogP contribution in [0, 0.1) is 11.8 Å². The molecule has 1 fully saturated rings. The number of halogens is 2. The number of carbonyl (C=O) groups excluding carboxylic acids is 1. The molecule has 0 saturated heterocycles. The van der Waals surface area contributed by atoms with E-state index < -0.39 is 6.10 Å². The van der Waals surface area contributed by atoms with Crippen LogP contribution in [0.1, 0.15) is 30.9 Å². The van der Waals surface area contributed by atoms with Crippen LogP contribution in [-0.4, -0.2) is 24.1 Å². The van der Waals surface area contributed by atoms with Gasteiger partial charge in [-0.15, -0.1) is 0 Å². The van der Waals surface area contributed by atoms with Crippen molar-refractivity contribution in [3.8, 4) is 0 Å². The molecule has 6 heteroatoms. The predicted molar refractivity (Wildman–Crippen MR) is 84.3 cm³/mol. The van der Waals surface area contributed by atoms with E-state index >= 15 is 0 Å². The van der Waals surface area contributed by atoms with Gasteiger partial charge in [0.05, 0.1) is 6.10 Å². The molecule has 4 N–H and O–H groups in total. The van der Waals surface area contributed by atoms with Crippen molar-refractivity contribution < 1.29 is 9.90 Å². The number of nitrogens with two attached hydrogens (primary N) is 1. The molecule has 1 amide bonds. The second-order valence-corrected chi connectivity index (χ2v) is 6.37. The van der Waals surface area contributed by atoms with Gasteiger partial charge in [0.15, 0.2) is 0 Å². The molecule has 1 unspecified atom stereocenters. The summed E-state index contributed by atoms with van der Waals surface area (Å²) >= 11 is 11.8. The van der Waals surface area contributed by atoms with E-state index in [4.69, 9.17) is 28.9 Å². The van der Waals surface area contributed by atoms with E-state index in [1.807, 2.05) is 0 Å². The molecule has 1 aliphatic rings. The number of aliphatic hydroxyl groups is 1. The average molecular weight is 331 g/mol. The molecule has 1 aromatic rings. The third kappa shape index (κ3) is 4.33. The van der Waals surface area contributed by atoms with Crippen molar-refractivity contribution in [2.75, 3.05) is 13.1 Å². The van der Waals surface area contributed by atoms with Crippen LogP contribution in [0.25, 0.3) is 0 Å². The van der Waals surface area contributed by atoms with Crippen molar-refractivity contribution in [2.45, 2.75) is 25.4 Å². The van der Waals surface area contributed by atoms with Gasteiger partial charge < -0.3 is 16.2 Å². The highest BCUT2D eigenvalue weighted by Crippen LogP contribution is 2.31. The van der Waals surface area contributed by atoms with Crippen molar-refractivity contribution in [3.63, 3.8) is 0 Å². The number of hydrogen-bond acceptors (Lipinski definition) is 3. The normalized spacial score (nSPS) is 23.0. The molecular weight excluding hydrogens is 311 g/mol. The van der Waals surface area contributed by atoms with Crippen LogP contribution in [0.2, 0.25) is 10.0 Å². The molecule has 0 spiro atoms. The molecule has 2 rings (SSSR count). The first kappa shape index (κ1) is 16.6. The smallest absolute Gasteiger partial charge is 0.223 e. The van der Waals surface area contributed by atoms with E-state index in [1.165, 1.54) is 0 Å². The van der Waals surface area contributed by atoms with Crippen LogP contribution in [-0.2, 0) is 4.79 Å². The van der Waals surface area contributed by atoms with Gasteiger partial charge in [0, 0.05) is 22.5 Å². The molecule has 0 heterocycles. The Hall–Kier alpha value is -0.810. The van der Waals surface area contributed by atoms with E-state index in [1.54, 1.807) is 18.2 Å². The summed E-state index contributed by atoms with van der Waals surface area (Å²) in [6.07, 6.45) is 2.07. The molecule has 0 radical (unpaired) electrons. The standard InChI is InChI=1S/C15H20Cl2N2O2/c16-11-4-10(5-12(17)6-11)14(20)8-19-15(21)13-3-1-2-9(13)7-18/h4-6,9,13-14,20H,1-3,7-8,18H2,(H,19,21)/t9-,13-,14?/m1/s1. The molecule has 1 aliphatic carbocycles. The molecular formula is C15H20Cl2N2O2. The van der Waals surface area contributed by atoms with Crippen molar-refractivity contribution in [2.24, 2.45) is 17.6 Å². The monoisotopic (exact) mass is 330 g/mol. The van der Waals surface area contributed by atoms with Crippen molar-refractivity contribution in [3.05, 3.63) is 33.8 Å². The highest BCUT2D eigenvalue weighted by molar-refractivity contribution is 6.34.